The van der Waals surface area contributed by atoms with Gasteiger partial charge in [0.25, 0.3) is 0 Å². The van der Waals surface area contributed by atoms with Crippen molar-refractivity contribution < 1.29 is 9.47 Å². The van der Waals surface area contributed by atoms with Gasteiger partial charge in [0, 0.05) is 6.54 Å². The summed E-state index contributed by atoms with van der Waals surface area (Å²) < 4.78 is 12.0. The molecule has 0 aromatic heterocycles. The SMILES string of the molecule is Cc1ccccc1C(CN)OC1CC(C)OC(C)C1. The van der Waals surface area contributed by atoms with Crippen molar-refractivity contribution in [3.8, 4) is 0 Å². The molecule has 0 bridgehead atoms. The van der Waals surface area contributed by atoms with Gasteiger partial charge in [-0.2, -0.15) is 0 Å². The van der Waals surface area contributed by atoms with E-state index in [2.05, 4.69) is 32.9 Å². The first kappa shape index (κ1) is 14.5. The zero-order valence-corrected chi connectivity index (χ0v) is 12.1. The predicted octanol–water partition coefficient (Wildman–Crippen LogP) is 2.97. The van der Waals surface area contributed by atoms with Crippen molar-refractivity contribution in [2.45, 2.75) is 58.0 Å². The zero-order chi connectivity index (χ0) is 13.8. The molecule has 1 aliphatic rings. The Morgan fingerprint density at radius 1 is 1.26 bits per heavy atom. The van der Waals surface area contributed by atoms with E-state index in [1.54, 1.807) is 0 Å². The molecule has 0 spiro atoms. The molecule has 106 valence electrons. The summed E-state index contributed by atoms with van der Waals surface area (Å²) >= 11 is 0. The van der Waals surface area contributed by atoms with Crippen molar-refractivity contribution in [1.29, 1.82) is 0 Å². The van der Waals surface area contributed by atoms with Crippen molar-refractivity contribution in [3.63, 3.8) is 0 Å². The molecule has 1 saturated heterocycles. The molecule has 0 saturated carbocycles. The quantitative estimate of drug-likeness (QED) is 0.908. The highest BCUT2D eigenvalue weighted by Gasteiger charge is 2.27. The van der Waals surface area contributed by atoms with E-state index < -0.39 is 0 Å². The van der Waals surface area contributed by atoms with Crippen LogP contribution in [0.1, 0.15) is 43.9 Å². The molecular formula is C16H25NO2. The van der Waals surface area contributed by atoms with Crippen LogP contribution < -0.4 is 5.73 Å². The number of rotatable bonds is 4. The Kier molecular flexibility index (Phi) is 4.97. The summed E-state index contributed by atoms with van der Waals surface area (Å²) in [6.45, 7) is 6.84. The molecule has 1 aromatic carbocycles. The van der Waals surface area contributed by atoms with Gasteiger partial charge in [-0.1, -0.05) is 24.3 Å². The Balaban J connectivity index is 2.05. The van der Waals surface area contributed by atoms with Gasteiger partial charge in [-0.15, -0.1) is 0 Å². The highest BCUT2D eigenvalue weighted by atomic mass is 16.5. The van der Waals surface area contributed by atoms with Crippen LogP contribution in [0.4, 0.5) is 0 Å². The maximum Gasteiger partial charge on any atom is 0.0953 e. The first-order valence-electron chi connectivity index (χ1n) is 7.16. The lowest BCUT2D eigenvalue weighted by Crippen LogP contribution is -2.36. The summed E-state index contributed by atoms with van der Waals surface area (Å²) in [7, 11) is 0. The van der Waals surface area contributed by atoms with Crippen LogP contribution in [0, 0.1) is 6.92 Å². The molecule has 3 heteroatoms. The summed E-state index contributed by atoms with van der Waals surface area (Å²) in [6.07, 6.45) is 2.67. The van der Waals surface area contributed by atoms with Gasteiger partial charge >= 0.3 is 0 Å². The number of benzene rings is 1. The summed E-state index contributed by atoms with van der Waals surface area (Å²) in [5, 5.41) is 0. The van der Waals surface area contributed by atoms with Crippen LogP contribution in [0.2, 0.25) is 0 Å². The van der Waals surface area contributed by atoms with Crippen molar-refractivity contribution in [3.05, 3.63) is 35.4 Å². The largest absolute Gasteiger partial charge is 0.375 e. The molecule has 2 N–H and O–H groups in total. The molecule has 0 radical (unpaired) electrons. The third kappa shape index (κ3) is 3.78. The smallest absolute Gasteiger partial charge is 0.0953 e. The van der Waals surface area contributed by atoms with Gasteiger partial charge in [-0.25, -0.2) is 0 Å². The number of nitrogens with two attached hydrogens (primary N) is 1. The standard InChI is InChI=1S/C16H25NO2/c1-11-6-4-5-7-15(11)16(10-17)19-14-8-12(2)18-13(3)9-14/h4-7,12-14,16H,8-10,17H2,1-3H3. The lowest BCUT2D eigenvalue weighted by atomic mass is 10.00. The Morgan fingerprint density at radius 3 is 2.47 bits per heavy atom. The lowest BCUT2D eigenvalue weighted by molar-refractivity contribution is -0.121. The van der Waals surface area contributed by atoms with Gasteiger partial charge in [0.2, 0.25) is 0 Å². The maximum atomic E-state index is 6.24. The average molecular weight is 263 g/mol. The van der Waals surface area contributed by atoms with Gasteiger partial charge < -0.3 is 15.2 Å². The normalized spacial score (nSPS) is 29.2. The number of hydrogen-bond donors (Lipinski definition) is 1. The molecule has 2 rings (SSSR count). The molecule has 0 amide bonds. The Bertz CT molecular complexity index is 397. The Labute approximate surface area is 116 Å². The van der Waals surface area contributed by atoms with E-state index in [0.717, 1.165) is 12.8 Å². The summed E-state index contributed by atoms with van der Waals surface area (Å²) in [5.41, 5.74) is 8.35. The van der Waals surface area contributed by atoms with E-state index in [4.69, 9.17) is 15.2 Å². The van der Waals surface area contributed by atoms with E-state index in [1.807, 2.05) is 12.1 Å². The average Bonchev–Trinajstić information content (AvgIpc) is 2.36. The van der Waals surface area contributed by atoms with Gasteiger partial charge in [-0.05, 0) is 44.7 Å². The number of hydrogen-bond acceptors (Lipinski definition) is 3. The summed E-state index contributed by atoms with van der Waals surface area (Å²) in [6, 6.07) is 8.31. The second-order valence-electron chi connectivity index (χ2n) is 5.57. The van der Waals surface area contributed by atoms with E-state index in [1.165, 1.54) is 11.1 Å². The third-order valence-electron chi connectivity index (χ3n) is 3.76. The predicted molar refractivity (Wildman–Crippen MR) is 77.1 cm³/mol. The van der Waals surface area contributed by atoms with E-state index >= 15 is 0 Å². The number of aryl methyl sites for hydroxylation is 1. The van der Waals surface area contributed by atoms with E-state index in [0.29, 0.717) is 6.54 Å². The monoisotopic (exact) mass is 263 g/mol. The van der Waals surface area contributed by atoms with Crippen LogP contribution in [0.25, 0.3) is 0 Å². The highest BCUT2D eigenvalue weighted by Crippen LogP contribution is 2.28. The van der Waals surface area contributed by atoms with Crippen LogP contribution in [0.5, 0.6) is 0 Å². The topological polar surface area (TPSA) is 44.5 Å². The second-order valence-corrected chi connectivity index (χ2v) is 5.57. The Hall–Kier alpha value is -0.900. The van der Waals surface area contributed by atoms with Crippen LogP contribution >= 0.6 is 0 Å². The van der Waals surface area contributed by atoms with Crippen LogP contribution in [-0.2, 0) is 9.47 Å². The fraction of sp³-hybridized carbons (Fsp3) is 0.625. The number of ether oxygens (including phenoxy) is 2. The second kappa shape index (κ2) is 6.51. The lowest BCUT2D eigenvalue weighted by Gasteiger charge is -2.34. The molecule has 1 heterocycles. The fourth-order valence-corrected chi connectivity index (χ4v) is 2.89. The summed E-state index contributed by atoms with van der Waals surface area (Å²) in [4.78, 5) is 0. The molecule has 1 fully saturated rings. The summed E-state index contributed by atoms with van der Waals surface area (Å²) in [5.74, 6) is 0. The first-order valence-corrected chi connectivity index (χ1v) is 7.16. The van der Waals surface area contributed by atoms with E-state index in [-0.39, 0.29) is 24.4 Å². The molecule has 19 heavy (non-hydrogen) atoms. The van der Waals surface area contributed by atoms with E-state index in [9.17, 15) is 0 Å². The molecule has 1 aromatic rings. The minimum absolute atomic E-state index is 0.0105. The van der Waals surface area contributed by atoms with Gasteiger partial charge in [-0.3, -0.25) is 0 Å². The highest BCUT2D eigenvalue weighted by molar-refractivity contribution is 5.28. The first-order chi connectivity index (χ1) is 9.10. The molecule has 1 aliphatic heterocycles. The van der Waals surface area contributed by atoms with Crippen LogP contribution in [-0.4, -0.2) is 24.9 Å². The van der Waals surface area contributed by atoms with Gasteiger partial charge in [0.05, 0.1) is 24.4 Å². The zero-order valence-electron chi connectivity index (χ0n) is 12.1. The maximum absolute atomic E-state index is 6.24. The molecule has 0 aliphatic carbocycles. The minimum Gasteiger partial charge on any atom is -0.375 e. The molecule has 3 unspecified atom stereocenters. The minimum atomic E-state index is -0.0105. The van der Waals surface area contributed by atoms with Gasteiger partial charge in [0.15, 0.2) is 0 Å². The molecule has 3 nitrogen and oxygen atoms in total. The van der Waals surface area contributed by atoms with Crippen molar-refractivity contribution >= 4 is 0 Å². The third-order valence-corrected chi connectivity index (χ3v) is 3.76. The molecular weight excluding hydrogens is 238 g/mol. The fourth-order valence-electron chi connectivity index (χ4n) is 2.89. The molecule has 3 atom stereocenters. The van der Waals surface area contributed by atoms with Crippen molar-refractivity contribution in [1.82, 2.24) is 0 Å². The van der Waals surface area contributed by atoms with Crippen molar-refractivity contribution in [2.75, 3.05) is 6.54 Å². The van der Waals surface area contributed by atoms with Gasteiger partial charge in [0.1, 0.15) is 0 Å². The Morgan fingerprint density at radius 2 is 1.89 bits per heavy atom. The van der Waals surface area contributed by atoms with Crippen LogP contribution in [0.15, 0.2) is 24.3 Å². The van der Waals surface area contributed by atoms with Crippen LogP contribution in [0.3, 0.4) is 0 Å². The van der Waals surface area contributed by atoms with Crippen molar-refractivity contribution in [2.24, 2.45) is 5.73 Å².